The van der Waals surface area contributed by atoms with Gasteiger partial charge >= 0.3 is 0 Å². The first-order valence-corrected chi connectivity index (χ1v) is 9.63. The number of nitrogens with one attached hydrogen (secondary N) is 1. The van der Waals surface area contributed by atoms with Gasteiger partial charge in [0, 0.05) is 12.6 Å². The number of rotatable bonds is 4. The van der Waals surface area contributed by atoms with Crippen LogP contribution in [0.3, 0.4) is 0 Å². The highest BCUT2D eigenvalue weighted by Gasteiger charge is 2.34. The first-order valence-electron chi connectivity index (χ1n) is 7.98. The summed E-state index contributed by atoms with van der Waals surface area (Å²) < 4.78 is 23.9. The first kappa shape index (κ1) is 16.2. The van der Waals surface area contributed by atoms with Crippen molar-refractivity contribution in [1.29, 1.82) is 0 Å². The summed E-state index contributed by atoms with van der Waals surface area (Å²) in [5.74, 6) is 1.06. The van der Waals surface area contributed by atoms with Gasteiger partial charge in [0.25, 0.3) is 0 Å². The van der Waals surface area contributed by atoms with Gasteiger partial charge in [0.1, 0.15) is 0 Å². The molecule has 1 atom stereocenters. The van der Waals surface area contributed by atoms with Crippen LogP contribution < -0.4 is 5.32 Å². The third-order valence-corrected chi connectivity index (χ3v) is 7.51. The SMILES string of the molecule is CC(C)(C)S(=O)(=O)CCN1CCCC1C1CCNCC1. The number of sulfone groups is 1. The Morgan fingerprint density at radius 3 is 2.40 bits per heavy atom. The van der Waals surface area contributed by atoms with Crippen molar-refractivity contribution in [3.63, 3.8) is 0 Å². The summed E-state index contributed by atoms with van der Waals surface area (Å²) in [5, 5.41) is 3.41. The Labute approximate surface area is 124 Å². The minimum Gasteiger partial charge on any atom is -0.317 e. The lowest BCUT2D eigenvalue weighted by molar-refractivity contribution is 0.169. The lowest BCUT2D eigenvalue weighted by Gasteiger charge is -2.34. The Morgan fingerprint density at radius 2 is 1.80 bits per heavy atom. The average molecular weight is 302 g/mol. The summed E-state index contributed by atoms with van der Waals surface area (Å²) in [6, 6.07) is 0.618. The minimum absolute atomic E-state index is 0.304. The van der Waals surface area contributed by atoms with Gasteiger partial charge in [-0.2, -0.15) is 0 Å². The normalized spacial score (nSPS) is 27.1. The molecular formula is C15H30N2O2S. The van der Waals surface area contributed by atoms with E-state index in [0.717, 1.165) is 25.6 Å². The molecule has 2 aliphatic rings. The van der Waals surface area contributed by atoms with Crippen LogP contribution in [-0.4, -0.2) is 56.0 Å². The molecule has 0 bridgehead atoms. The largest absolute Gasteiger partial charge is 0.317 e. The second-order valence-corrected chi connectivity index (χ2v) is 10.1. The highest BCUT2D eigenvalue weighted by Crippen LogP contribution is 2.29. The molecule has 2 heterocycles. The third-order valence-electron chi connectivity index (χ3n) is 4.92. The fourth-order valence-corrected chi connectivity index (χ4v) is 4.52. The molecule has 4 nitrogen and oxygen atoms in total. The van der Waals surface area contributed by atoms with Crippen LogP contribution in [0.5, 0.6) is 0 Å². The molecule has 0 aromatic carbocycles. The molecule has 0 aromatic rings. The quantitative estimate of drug-likeness (QED) is 0.858. The van der Waals surface area contributed by atoms with E-state index in [1.54, 1.807) is 20.8 Å². The van der Waals surface area contributed by atoms with Crippen molar-refractivity contribution in [2.45, 2.75) is 57.2 Å². The van der Waals surface area contributed by atoms with Crippen LogP contribution in [0.1, 0.15) is 46.5 Å². The average Bonchev–Trinajstić information content (AvgIpc) is 2.84. The summed E-state index contributed by atoms with van der Waals surface area (Å²) in [6.45, 7) is 9.44. The van der Waals surface area contributed by atoms with Gasteiger partial charge in [-0.15, -0.1) is 0 Å². The van der Waals surface area contributed by atoms with Crippen molar-refractivity contribution in [3.05, 3.63) is 0 Å². The fourth-order valence-electron chi connectivity index (χ4n) is 3.44. The second kappa shape index (κ2) is 6.32. The van der Waals surface area contributed by atoms with E-state index in [9.17, 15) is 8.42 Å². The Balaban J connectivity index is 1.91. The summed E-state index contributed by atoms with van der Waals surface area (Å²) in [6.07, 6.45) is 4.96. The van der Waals surface area contributed by atoms with Crippen molar-refractivity contribution >= 4 is 9.84 Å². The second-order valence-electron chi connectivity index (χ2n) is 7.26. The van der Waals surface area contributed by atoms with E-state index in [2.05, 4.69) is 10.2 Å². The molecule has 0 amide bonds. The summed E-state index contributed by atoms with van der Waals surface area (Å²) in [5.41, 5.74) is 0. The highest BCUT2D eigenvalue weighted by atomic mass is 32.2. The van der Waals surface area contributed by atoms with E-state index in [4.69, 9.17) is 0 Å². The number of nitrogens with zero attached hydrogens (tertiary/aromatic N) is 1. The molecule has 5 heteroatoms. The van der Waals surface area contributed by atoms with Crippen LogP contribution in [0.2, 0.25) is 0 Å². The zero-order chi connectivity index (χ0) is 14.8. The molecule has 0 saturated carbocycles. The van der Waals surface area contributed by atoms with Gasteiger partial charge in [0.15, 0.2) is 9.84 Å². The van der Waals surface area contributed by atoms with E-state index in [1.807, 2.05) is 0 Å². The fraction of sp³-hybridized carbons (Fsp3) is 1.00. The molecule has 2 aliphatic heterocycles. The lowest BCUT2D eigenvalue weighted by atomic mass is 9.89. The maximum absolute atomic E-state index is 12.3. The molecule has 2 rings (SSSR count). The van der Waals surface area contributed by atoms with Crippen molar-refractivity contribution < 1.29 is 8.42 Å². The molecule has 118 valence electrons. The molecule has 0 spiro atoms. The van der Waals surface area contributed by atoms with E-state index in [0.29, 0.717) is 18.3 Å². The summed E-state index contributed by atoms with van der Waals surface area (Å²) >= 11 is 0. The molecule has 2 fully saturated rings. The highest BCUT2D eigenvalue weighted by molar-refractivity contribution is 7.92. The molecule has 0 aliphatic carbocycles. The van der Waals surface area contributed by atoms with Crippen molar-refractivity contribution in [1.82, 2.24) is 10.2 Å². The van der Waals surface area contributed by atoms with Crippen LogP contribution in [0, 0.1) is 5.92 Å². The Bertz CT molecular complexity index is 408. The molecule has 0 aromatic heterocycles. The smallest absolute Gasteiger partial charge is 0.156 e. The van der Waals surface area contributed by atoms with E-state index >= 15 is 0 Å². The zero-order valence-corrected chi connectivity index (χ0v) is 14.0. The minimum atomic E-state index is -2.99. The molecule has 20 heavy (non-hydrogen) atoms. The van der Waals surface area contributed by atoms with Gasteiger partial charge in [-0.3, -0.25) is 4.90 Å². The topological polar surface area (TPSA) is 49.4 Å². The summed E-state index contributed by atoms with van der Waals surface area (Å²) in [4.78, 5) is 2.44. The van der Waals surface area contributed by atoms with Gasteiger partial charge in [0.2, 0.25) is 0 Å². The third kappa shape index (κ3) is 3.74. The predicted octanol–water partition coefficient (Wildman–Crippen LogP) is 1.66. The molecule has 1 N–H and O–H groups in total. The van der Waals surface area contributed by atoms with Gasteiger partial charge in [0.05, 0.1) is 10.5 Å². The van der Waals surface area contributed by atoms with Gasteiger partial charge in [-0.1, -0.05) is 0 Å². The van der Waals surface area contributed by atoms with Crippen molar-refractivity contribution in [2.75, 3.05) is 31.9 Å². The Kier molecular flexibility index (Phi) is 5.14. The molecule has 0 radical (unpaired) electrons. The molecular weight excluding hydrogens is 272 g/mol. The van der Waals surface area contributed by atoms with Crippen molar-refractivity contribution in [3.8, 4) is 0 Å². The first-order chi connectivity index (χ1) is 9.31. The van der Waals surface area contributed by atoms with Crippen molar-refractivity contribution in [2.24, 2.45) is 5.92 Å². The van der Waals surface area contributed by atoms with E-state index in [-0.39, 0.29) is 0 Å². The van der Waals surface area contributed by atoms with E-state index in [1.165, 1.54) is 25.7 Å². The van der Waals surface area contributed by atoms with E-state index < -0.39 is 14.6 Å². The Morgan fingerprint density at radius 1 is 1.15 bits per heavy atom. The monoisotopic (exact) mass is 302 g/mol. The van der Waals surface area contributed by atoms with Crippen LogP contribution in [0.25, 0.3) is 0 Å². The van der Waals surface area contributed by atoms with Crippen LogP contribution in [-0.2, 0) is 9.84 Å². The number of piperidine rings is 1. The molecule has 2 saturated heterocycles. The number of likely N-dealkylation sites (tertiary alicyclic amines) is 1. The Hall–Kier alpha value is -0.130. The molecule has 1 unspecified atom stereocenters. The maximum atomic E-state index is 12.3. The summed E-state index contributed by atoms with van der Waals surface area (Å²) in [7, 11) is -2.99. The number of hydrogen-bond donors (Lipinski definition) is 1. The van der Waals surface area contributed by atoms with Crippen LogP contribution in [0.4, 0.5) is 0 Å². The van der Waals surface area contributed by atoms with Gasteiger partial charge in [-0.25, -0.2) is 8.42 Å². The zero-order valence-electron chi connectivity index (χ0n) is 13.2. The maximum Gasteiger partial charge on any atom is 0.156 e. The van der Waals surface area contributed by atoms with Crippen LogP contribution in [0.15, 0.2) is 0 Å². The van der Waals surface area contributed by atoms with Gasteiger partial charge < -0.3 is 5.32 Å². The number of hydrogen-bond acceptors (Lipinski definition) is 4. The van der Waals surface area contributed by atoms with Gasteiger partial charge in [-0.05, 0) is 72.0 Å². The predicted molar refractivity (Wildman–Crippen MR) is 83.7 cm³/mol. The van der Waals surface area contributed by atoms with Crippen LogP contribution >= 0.6 is 0 Å². The standard InChI is InChI=1S/C15H30N2O2S/c1-15(2,3)20(18,19)12-11-17-10-4-5-14(17)13-6-8-16-9-7-13/h13-14,16H,4-12H2,1-3H3. The lowest BCUT2D eigenvalue weighted by Crippen LogP contribution is -2.44.